The maximum absolute atomic E-state index is 15.3. The quantitative estimate of drug-likeness (QED) is 0.0114. The van der Waals surface area contributed by atoms with Gasteiger partial charge in [0.25, 0.3) is 22.5 Å². The van der Waals surface area contributed by atoms with Gasteiger partial charge in [0.2, 0.25) is 20.0 Å². The van der Waals surface area contributed by atoms with E-state index >= 15 is 26.4 Å². The van der Waals surface area contributed by atoms with Crippen molar-refractivity contribution in [3.63, 3.8) is 0 Å². The summed E-state index contributed by atoms with van der Waals surface area (Å²) in [6.07, 6.45) is 43.9. The molecule has 0 spiro atoms. The van der Waals surface area contributed by atoms with Gasteiger partial charge in [0.1, 0.15) is 11.3 Å². The van der Waals surface area contributed by atoms with Crippen LogP contribution in [0.2, 0.25) is 0 Å². The molecule has 0 bridgehead atoms. The number of imidazole rings is 2. The fourth-order valence-electron chi connectivity index (χ4n) is 16.6. The Kier molecular flexibility index (Phi) is 27.6. The average molecular weight is 1460 g/mol. The molecule has 0 amide bonds. The number of nitrogens with zero attached hydrogens (tertiary/aromatic N) is 8. The van der Waals surface area contributed by atoms with Gasteiger partial charge in [0, 0.05) is 70.6 Å². The summed E-state index contributed by atoms with van der Waals surface area (Å²) in [4.78, 5) is 65.4. The second kappa shape index (κ2) is 36.8. The molecule has 0 unspecified atom stereocenters. The molecule has 11 rings (SSSR count). The van der Waals surface area contributed by atoms with E-state index in [0.29, 0.717) is 47.2 Å². The van der Waals surface area contributed by atoms with E-state index < -0.39 is 52.4 Å². The summed E-state index contributed by atoms with van der Waals surface area (Å²) in [6, 6.07) is 19.6. The van der Waals surface area contributed by atoms with Gasteiger partial charge in [-0.25, -0.2) is 26.8 Å². The maximum atomic E-state index is 15.3. The van der Waals surface area contributed by atoms with Gasteiger partial charge in [-0.3, -0.25) is 38.6 Å². The Balaban J connectivity index is 0.927. The molecule has 7 aromatic carbocycles. The van der Waals surface area contributed by atoms with E-state index in [1.165, 1.54) is 158 Å². The summed E-state index contributed by atoms with van der Waals surface area (Å²) < 4.78 is 65.7. The summed E-state index contributed by atoms with van der Waals surface area (Å²) in [5, 5.41) is 33.8. The zero-order valence-electron chi connectivity index (χ0n) is 62.5. The second-order valence-corrected chi connectivity index (χ2v) is 33.8. The van der Waals surface area contributed by atoms with Gasteiger partial charge >= 0.3 is 0 Å². The highest BCUT2D eigenvalue weighted by atomic mass is 32.2. The van der Waals surface area contributed by atoms with E-state index in [1.807, 2.05) is 36.4 Å². The molecule has 560 valence electrons. The molecule has 104 heavy (non-hydrogen) atoms. The number of hydrogen-bond acceptors (Lipinski definition) is 12. The lowest BCUT2D eigenvalue weighted by molar-refractivity contribution is -0.383. The van der Waals surface area contributed by atoms with Crippen LogP contribution in [0.4, 0.5) is 11.4 Å². The molecule has 0 fully saturated rings. The van der Waals surface area contributed by atoms with Crippen LogP contribution in [-0.2, 0) is 20.0 Å². The minimum absolute atomic E-state index is 0.0148. The molecule has 0 N–H and O–H groups in total. The number of benzene rings is 7. The van der Waals surface area contributed by atoms with Crippen molar-refractivity contribution in [2.24, 2.45) is 0 Å². The molecule has 0 aliphatic carbocycles. The van der Waals surface area contributed by atoms with Crippen molar-refractivity contribution in [3.8, 4) is 0 Å². The van der Waals surface area contributed by atoms with Crippen LogP contribution in [0.3, 0.4) is 0 Å². The lowest BCUT2D eigenvalue weighted by atomic mass is 9.86. The number of pyridine rings is 2. The van der Waals surface area contributed by atoms with Gasteiger partial charge in [-0.1, -0.05) is 283 Å². The molecule has 0 aliphatic rings. The van der Waals surface area contributed by atoms with E-state index in [9.17, 15) is 20.2 Å². The number of unbranched alkanes of at least 4 members (excludes halogenated alkanes) is 36. The summed E-state index contributed by atoms with van der Waals surface area (Å²) in [5.41, 5.74) is -2.03. The Morgan fingerprint density at radius 1 is 0.327 bits per heavy atom. The Labute approximate surface area is 614 Å². The predicted octanol–water partition coefficient (Wildman–Crippen LogP) is 22.7. The number of aromatic nitrogens is 4. The highest BCUT2D eigenvalue weighted by molar-refractivity contribution is 7.89. The Hall–Kier alpha value is -7.26. The topological polar surface area (TPSA) is 230 Å². The molecule has 0 saturated heterocycles. The lowest BCUT2D eigenvalue weighted by Crippen LogP contribution is -2.33. The molecule has 20 heteroatoms. The van der Waals surface area contributed by atoms with Crippen LogP contribution in [0.25, 0.3) is 98.0 Å². The first-order chi connectivity index (χ1) is 50.6. The first kappa shape index (κ1) is 77.8. The fourth-order valence-corrected chi connectivity index (χ4v) is 19.7. The van der Waals surface area contributed by atoms with Crippen LogP contribution in [0, 0.1) is 20.2 Å². The van der Waals surface area contributed by atoms with Crippen LogP contribution in [-0.4, -0.2) is 80.2 Å². The first-order valence-electron chi connectivity index (χ1n) is 40.3. The van der Waals surface area contributed by atoms with Gasteiger partial charge in [-0.15, -0.1) is 0 Å². The number of nitro groups is 2. The molecule has 0 aliphatic heterocycles. The van der Waals surface area contributed by atoms with Gasteiger partial charge in [-0.2, -0.15) is 8.61 Å². The number of rotatable bonds is 50. The zero-order chi connectivity index (χ0) is 73.3. The van der Waals surface area contributed by atoms with Crippen molar-refractivity contribution in [2.75, 3.05) is 26.2 Å². The third-order valence-electron chi connectivity index (χ3n) is 22.4. The number of sulfonamides is 2. The number of fused-ring (bicyclic) bond motifs is 10. The predicted molar refractivity (Wildman–Crippen MR) is 428 cm³/mol. The van der Waals surface area contributed by atoms with Gasteiger partial charge in [-0.05, 0) is 94.4 Å². The van der Waals surface area contributed by atoms with Crippen LogP contribution < -0.4 is 11.1 Å². The fraction of sp³-hybridized carbons (Fsp3) is 0.571. The molecule has 4 heterocycles. The minimum atomic E-state index is -4.28. The van der Waals surface area contributed by atoms with Crippen LogP contribution >= 0.6 is 0 Å². The van der Waals surface area contributed by atoms with E-state index in [4.69, 9.17) is 9.97 Å². The van der Waals surface area contributed by atoms with Crippen LogP contribution in [0.1, 0.15) is 285 Å². The normalized spacial score (nSPS) is 12.8. The smallest absolute Gasteiger partial charge is 0.268 e. The van der Waals surface area contributed by atoms with Crippen LogP contribution in [0.15, 0.2) is 92.2 Å². The summed E-state index contributed by atoms with van der Waals surface area (Å²) in [5.74, 6) is 0. The molecular weight excluding hydrogens is 1350 g/mol. The summed E-state index contributed by atoms with van der Waals surface area (Å²) in [6.45, 7) is 10.0. The van der Waals surface area contributed by atoms with Gasteiger partial charge in [0.15, 0.2) is 11.0 Å². The molecule has 4 aromatic heterocycles. The third kappa shape index (κ3) is 17.1. The molecule has 11 aromatic rings. The summed E-state index contributed by atoms with van der Waals surface area (Å²) in [7, 11) is -8.55. The lowest BCUT2D eigenvalue weighted by Gasteiger charge is -2.22. The molecule has 0 radical (unpaired) electrons. The van der Waals surface area contributed by atoms with E-state index in [1.54, 1.807) is 12.1 Å². The van der Waals surface area contributed by atoms with E-state index in [0.717, 1.165) is 147 Å². The van der Waals surface area contributed by atoms with Crippen molar-refractivity contribution in [1.29, 1.82) is 0 Å². The molecule has 18 nitrogen and oxygen atoms in total. The van der Waals surface area contributed by atoms with Crippen molar-refractivity contribution in [2.45, 2.75) is 294 Å². The summed E-state index contributed by atoms with van der Waals surface area (Å²) >= 11 is 0. The maximum Gasteiger partial charge on any atom is 0.296 e. The van der Waals surface area contributed by atoms with Crippen molar-refractivity contribution in [1.82, 2.24) is 27.4 Å². The SMILES string of the molecule is CCCCCCCCCCCCN(CCCCCCCCCCCC)S(=O)(=O)c1cc([N+](=O)[O-])c2c(c1)nc1c3ccc4c5ccc6c(=O)n7c(nc8cc(S(=O)(=O)N(CCCCCCCCCCCC)CCCCCCCCCCCC)cc([N+](=O)[O-])c87)c7ccc(c8ccc(c(=O)n12)c3c84)c5c67. The van der Waals surface area contributed by atoms with Gasteiger partial charge in [0.05, 0.1) is 30.7 Å². The Morgan fingerprint density at radius 3 is 0.798 bits per heavy atom. The molecule has 0 saturated carbocycles. The van der Waals surface area contributed by atoms with Crippen LogP contribution in [0.5, 0.6) is 0 Å². The highest BCUT2D eigenvalue weighted by Crippen LogP contribution is 2.47. The largest absolute Gasteiger partial charge is 0.296 e. The first-order valence-corrected chi connectivity index (χ1v) is 43.2. The standard InChI is InChI=1S/C84H112N8O10S2/c1-5-9-13-17-21-25-29-33-37-41-53-87(54-42-38-34-30-26-22-18-14-10-6-2)103(99,100)61-57-71-79(73(59-61)91(95)96)89-81(85-71)67-49-45-63-66-48-52-70-78-68(50-46-64(76(66)78)65-47-51-69(83(89)93)77(67)75(63)65)82-86-72-58-62(60-74(92(97)98)80(72)90(82)84(70)94)104(101,102)88(55-43-39-35-31-27-23-19-15-11-7-3)56-44-40-36-32-28-24-20-16-12-8-4/h45-52,57-60H,5-44,53-56H2,1-4H3. The van der Waals surface area contributed by atoms with Crippen molar-refractivity contribution < 1.29 is 26.7 Å². The Bertz CT molecular complexity index is 4710. The number of nitro benzene ring substituents is 2. The van der Waals surface area contributed by atoms with Crippen molar-refractivity contribution >= 4 is 129 Å². The number of hydrogen-bond donors (Lipinski definition) is 0. The van der Waals surface area contributed by atoms with E-state index in [-0.39, 0.29) is 80.1 Å². The van der Waals surface area contributed by atoms with E-state index in [2.05, 4.69) is 27.7 Å². The Morgan fingerprint density at radius 2 is 0.548 bits per heavy atom. The third-order valence-corrected chi connectivity index (χ3v) is 26.1. The minimum Gasteiger partial charge on any atom is -0.268 e. The second-order valence-electron chi connectivity index (χ2n) is 30.0. The number of non-ortho nitro benzene ring substituents is 2. The highest BCUT2D eigenvalue weighted by Gasteiger charge is 2.34. The van der Waals surface area contributed by atoms with Gasteiger partial charge < -0.3 is 0 Å². The average Bonchev–Trinajstić information content (AvgIpc) is 1.25. The molecular formula is C84H112N8O10S2. The monoisotopic (exact) mass is 1460 g/mol. The van der Waals surface area contributed by atoms with Crippen molar-refractivity contribution in [3.05, 3.63) is 114 Å². The molecule has 0 atom stereocenters. The zero-order valence-corrected chi connectivity index (χ0v) is 64.2.